The van der Waals surface area contributed by atoms with Crippen molar-refractivity contribution >= 4 is 24.3 Å². The van der Waals surface area contributed by atoms with Crippen LogP contribution in [0.5, 0.6) is 11.5 Å². The van der Waals surface area contributed by atoms with Crippen LogP contribution < -0.4 is 9.47 Å². The van der Waals surface area contributed by atoms with Crippen LogP contribution in [0.2, 0.25) is 0 Å². The van der Waals surface area contributed by atoms with Gasteiger partial charge in [-0.25, -0.2) is 0 Å². The molecule has 0 heterocycles. The summed E-state index contributed by atoms with van der Waals surface area (Å²) < 4.78 is 11.2. The van der Waals surface area contributed by atoms with Crippen molar-refractivity contribution in [3.8, 4) is 22.6 Å². The molecule has 2 heteroatoms. The maximum Gasteiger partial charge on any atom is 0.120 e. The molecule has 0 fully saturated rings. The zero-order chi connectivity index (χ0) is 25.0. The second-order valence-electron chi connectivity index (χ2n) is 8.26. The van der Waals surface area contributed by atoms with Crippen molar-refractivity contribution in [2.45, 2.75) is 0 Å². The van der Waals surface area contributed by atoms with E-state index in [1.165, 1.54) is 11.1 Å². The Balaban J connectivity index is 1.38. The summed E-state index contributed by atoms with van der Waals surface area (Å²) in [6.07, 6.45) is 11.9. The van der Waals surface area contributed by atoms with Crippen LogP contribution in [-0.4, -0.2) is 13.2 Å². The molecule has 0 aromatic heterocycles. The third-order valence-electron chi connectivity index (χ3n) is 5.54. The van der Waals surface area contributed by atoms with E-state index in [1.807, 2.05) is 36.4 Å². The Morgan fingerprint density at radius 3 is 1.25 bits per heavy atom. The van der Waals surface area contributed by atoms with Crippen molar-refractivity contribution in [2.75, 3.05) is 13.2 Å². The summed E-state index contributed by atoms with van der Waals surface area (Å²) in [4.78, 5) is 0. The lowest BCUT2D eigenvalue weighted by Gasteiger charge is -2.05. The molecule has 0 aliphatic rings. The largest absolute Gasteiger partial charge is 0.490 e. The van der Waals surface area contributed by atoms with Crippen molar-refractivity contribution in [1.29, 1.82) is 0 Å². The fraction of sp³-hybridized carbons (Fsp3) is 0.0588. The second kappa shape index (κ2) is 12.8. The predicted octanol–water partition coefficient (Wildman–Crippen LogP) is 8.82. The van der Waals surface area contributed by atoms with E-state index in [0.29, 0.717) is 13.2 Å². The Morgan fingerprint density at radius 1 is 0.472 bits per heavy atom. The molecule has 0 saturated heterocycles. The third-order valence-corrected chi connectivity index (χ3v) is 5.54. The highest BCUT2D eigenvalue weighted by atomic mass is 16.5. The lowest BCUT2D eigenvalue weighted by atomic mass is 10.0. The maximum atomic E-state index is 5.61. The van der Waals surface area contributed by atoms with Gasteiger partial charge in [0, 0.05) is 0 Å². The molecular formula is C34H30O2. The van der Waals surface area contributed by atoms with Gasteiger partial charge in [0.2, 0.25) is 0 Å². The second-order valence-corrected chi connectivity index (χ2v) is 8.26. The molecule has 0 saturated carbocycles. The SMILES string of the molecule is C=CCOc1cccc(C=Cc2ccc(-c3ccc(C=Cc4cccc(OCC=C)c4)cc3)cc2)c1. The maximum absolute atomic E-state index is 5.61. The van der Waals surface area contributed by atoms with E-state index in [1.54, 1.807) is 12.2 Å². The van der Waals surface area contributed by atoms with Crippen LogP contribution in [0.15, 0.2) is 122 Å². The van der Waals surface area contributed by atoms with Crippen LogP contribution in [0.4, 0.5) is 0 Å². The first-order valence-electron chi connectivity index (χ1n) is 12.0. The quantitative estimate of drug-likeness (QED) is 0.161. The third kappa shape index (κ3) is 7.22. The van der Waals surface area contributed by atoms with Crippen LogP contribution >= 0.6 is 0 Å². The van der Waals surface area contributed by atoms with Gasteiger partial charge in [0.25, 0.3) is 0 Å². The van der Waals surface area contributed by atoms with E-state index < -0.39 is 0 Å². The molecule has 36 heavy (non-hydrogen) atoms. The van der Waals surface area contributed by atoms with Gasteiger partial charge in [-0.1, -0.05) is 122 Å². The smallest absolute Gasteiger partial charge is 0.120 e. The van der Waals surface area contributed by atoms with Crippen LogP contribution in [-0.2, 0) is 0 Å². The Morgan fingerprint density at radius 2 is 0.861 bits per heavy atom. The number of rotatable bonds is 11. The van der Waals surface area contributed by atoms with Crippen LogP contribution in [0.3, 0.4) is 0 Å². The molecule has 2 nitrogen and oxygen atoms in total. The van der Waals surface area contributed by atoms with E-state index in [2.05, 4.69) is 98.1 Å². The highest BCUT2D eigenvalue weighted by Crippen LogP contribution is 2.23. The predicted molar refractivity (Wildman–Crippen MR) is 154 cm³/mol. The number of hydrogen-bond acceptors (Lipinski definition) is 2. The molecule has 0 radical (unpaired) electrons. The lowest BCUT2D eigenvalue weighted by Crippen LogP contribution is -1.92. The summed E-state index contributed by atoms with van der Waals surface area (Å²) in [7, 11) is 0. The monoisotopic (exact) mass is 470 g/mol. The van der Waals surface area contributed by atoms with Gasteiger partial charge in [0.05, 0.1) is 0 Å². The van der Waals surface area contributed by atoms with Crippen LogP contribution in [0.1, 0.15) is 22.3 Å². The average Bonchev–Trinajstić information content (AvgIpc) is 2.94. The Hall–Kier alpha value is -4.56. The van der Waals surface area contributed by atoms with Gasteiger partial charge in [-0.2, -0.15) is 0 Å². The number of hydrogen-bond donors (Lipinski definition) is 0. The highest BCUT2D eigenvalue weighted by Gasteiger charge is 1.99. The first-order chi connectivity index (χ1) is 17.7. The molecule has 4 aromatic carbocycles. The van der Waals surface area contributed by atoms with Gasteiger partial charge in [-0.05, 0) is 57.6 Å². The Bertz CT molecular complexity index is 1240. The van der Waals surface area contributed by atoms with Crippen molar-refractivity contribution in [3.63, 3.8) is 0 Å². The lowest BCUT2D eigenvalue weighted by molar-refractivity contribution is 0.363. The van der Waals surface area contributed by atoms with E-state index in [-0.39, 0.29) is 0 Å². The van der Waals surface area contributed by atoms with Gasteiger partial charge in [0.15, 0.2) is 0 Å². The van der Waals surface area contributed by atoms with Crippen LogP contribution in [0, 0.1) is 0 Å². The minimum atomic E-state index is 0.506. The molecule has 4 aromatic rings. The van der Waals surface area contributed by atoms with Gasteiger partial charge >= 0.3 is 0 Å². The number of benzene rings is 4. The van der Waals surface area contributed by atoms with E-state index in [4.69, 9.17) is 9.47 Å². The molecule has 0 amide bonds. The molecule has 0 N–H and O–H groups in total. The van der Waals surface area contributed by atoms with Crippen molar-refractivity contribution in [2.24, 2.45) is 0 Å². The standard InChI is InChI=1S/C34H30O2/c1-3-23-35-33-9-5-7-29(25-33)13-11-27-15-19-31(20-16-27)32-21-17-28(18-22-32)12-14-30-8-6-10-34(26-30)36-24-4-2/h3-22,25-26H,1-2,23-24H2. The van der Waals surface area contributed by atoms with Crippen molar-refractivity contribution < 1.29 is 9.47 Å². The molecule has 0 aliphatic carbocycles. The summed E-state index contributed by atoms with van der Waals surface area (Å²) in [5, 5.41) is 0. The summed E-state index contributed by atoms with van der Waals surface area (Å²) in [6.45, 7) is 8.39. The van der Waals surface area contributed by atoms with Crippen molar-refractivity contribution in [3.05, 3.63) is 145 Å². The molecule has 0 unspecified atom stereocenters. The highest BCUT2D eigenvalue weighted by molar-refractivity contribution is 5.74. The van der Waals surface area contributed by atoms with E-state index >= 15 is 0 Å². The normalized spacial score (nSPS) is 11.0. The molecule has 0 spiro atoms. The number of ether oxygens (including phenoxy) is 2. The van der Waals surface area contributed by atoms with E-state index in [9.17, 15) is 0 Å². The molecule has 178 valence electrons. The zero-order valence-corrected chi connectivity index (χ0v) is 20.3. The molecule has 0 atom stereocenters. The summed E-state index contributed by atoms with van der Waals surface area (Å²) in [5.74, 6) is 1.69. The summed E-state index contributed by atoms with van der Waals surface area (Å²) >= 11 is 0. The van der Waals surface area contributed by atoms with Gasteiger partial charge in [-0.3, -0.25) is 0 Å². The van der Waals surface area contributed by atoms with Crippen LogP contribution in [0.25, 0.3) is 35.4 Å². The Kier molecular flexibility index (Phi) is 8.72. The minimum Gasteiger partial charge on any atom is -0.490 e. The average molecular weight is 471 g/mol. The summed E-state index contributed by atoms with van der Waals surface area (Å²) in [5.41, 5.74) is 6.87. The molecule has 0 aliphatic heterocycles. The van der Waals surface area contributed by atoms with Gasteiger partial charge in [0.1, 0.15) is 24.7 Å². The Labute approximate surface area is 214 Å². The molecule has 0 bridgehead atoms. The van der Waals surface area contributed by atoms with Gasteiger partial charge in [-0.15, -0.1) is 0 Å². The van der Waals surface area contributed by atoms with E-state index in [0.717, 1.165) is 33.8 Å². The zero-order valence-electron chi connectivity index (χ0n) is 20.3. The fourth-order valence-corrected chi connectivity index (χ4v) is 3.68. The first-order valence-corrected chi connectivity index (χ1v) is 12.0. The topological polar surface area (TPSA) is 18.5 Å². The summed E-state index contributed by atoms with van der Waals surface area (Å²) in [6, 6.07) is 33.3. The first kappa shape index (κ1) is 24.6. The minimum absolute atomic E-state index is 0.506. The van der Waals surface area contributed by atoms with Gasteiger partial charge < -0.3 is 9.47 Å². The van der Waals surface area contributed by atoms with Crippen molar-refractivity contribution in [1.82, 2.24) is 0 Å². The molecule has 4 rings (SSSR count). The molecular weight excluding hydrogens is 440 g/mol. The fourth-order valence-electron chi connectivity index (χ4n) is 3.68.